The lowest BCUT2D eigenvalue weighted by Gasteiger charge is -2.51. The fourth-order valence-corrected chi connectivity index (χ4v) is 4.02. The molecule has 0 radical (unpaired) electrons. The maximum atomic E-state index is 8.64. The highest BCUT2D eigenvalue weighted by Gasteiger charge is 2.41. The fraction of sp³-hybridized carbons (Fsp3) is 0.304. The Kier molecular flexibility index (Phi) is 6.43. The third-order valence-electron chi connectivity index (χ3n) is 5.98. The summed E-state index contributed by atoms with van der Waals surface area (Å²) in [6.07, 6.45) is 6.33. The van der Waals surface area contributed by atoms with Gasteiger partial charge in [0.15, 0.2) is 0 Å². The zero-order valence-corrected chi connectivity index (χ0v) is 20.2. The van der Waals surface area contributed by atoms with Crippen molar-refractivity contribution in [1.29, 1.82) is 5.41 Å². The summed E-state index contributed by atoms with van der Waals surface area (Å²) in [6.45, 7) is 4.08. The highest BCUT2D eigenvalue weighted by molar-refractivity contribution is 6.35. The van der Waals surface area contributed by atoms with E-state index in [9.17, 15) is 0 Å². The van der Waals surface area contributed by atoms with E-state index >= 15 is 0 Å². The SMILES string of the molecule is CN(C)C1(C)CN(c2ncc(C(=N)c3cc(OCc4c(Cl)cncc4Cl)ccc3N)cn2)C1. The molecule has 0 bridgehead atoms. The number of pyridine rings is 1. The van der Waals surface area contributed by atoms with Crippen LogP contribution < -0.4 is 15.4 Å². The number of rotatable bonds is 7. The lowest BCUT2D eigenvalue weighted by atomic mass is 9.91. The van der Waals surface area contributed by atoms with E-state index in [0.717, 1.165) is 13.1 Å². The van der Waals surface area contributed by atoms with Crippen molar-refractivity contribution in [2.24, 2.45) is 0 Å². The van der Waals surface area contributed by atoms with Crippen LogP contribution in [0.3, 0.4) is 0 Å². The Morgan fingerprint density at radius 1 is 1.15 bits per heavy atom. The first-order chi connectivity index (χ1) is 15.7. The van der Waals surface area contributed by atoms with Gasteiger partial charge in [0.2, 0.25) is 5.95 Å². The molecular formula is C23H25Cl2N7O. The number of hydrogen-bond donors (Lipinski definition) is 2. The lowest BCUT2D eigenvalue weighted by Crippen LogP contribution is -2.67. The second kappa shape index (κ2) is 9.13. The van der Waals surface area contributed by atoms with Crippen LogP contribution in [0.4, 0.5) is 11.6 Å². The molecule has 33 heavy (non-hydrogen) atoms. The Morgan fingerprint density at radius 2 is 1.79 bits per heavy atom. The highest BCUT2D eigenvalue weighted by Crippen LogP contribution is 2.29. The second-order valence-electron chi connectivity index (χ2n) is 8.51. The van der Waals surface area contributed by atoms with Gasteiger partial charge in [-0.15, -0.1) is 0 Å². The minimum absolute atomic E-state index is 0.119. The number of likely N-dealkylation sites (N-methyl/N-ethyl adjacent to an activating group) is 1. The first-order valence-electron chi connectivity index (χ1n) is 10.3. The van der Waals surface area contributed by atoms with Crippen LogP contribution in [0.5, 0.6) is 5.75 Å². The smallest absolute Gasteiger partial charge is 0.225 e. The van der Waals surface area contributed by atoms with E-state index < -0.39 is 0 Å². The summed E-state index contributed by atoms with van der Waals surface area (Å²) in [5.74, 6) is 1.19. The topological polar surface area (TPSA) is 104 Å². The minimum atomic E-state index is 0.119. The van der Waals surface area contributed by atoms with Gasteiger partial charge in [-0.1, -0.05) is 23.2 Å². The molecule has 1 aromatic carbocycles. The minimum Gasteiger partial charge on any atom is -0.489 e. The number of nitrogens with two attached hydrogens (primary N) is 1. The number of anilines is 2. The third-order valence-corrected chi connectivity index (χ3v) is 6.63. The van der Waals surface area contributed by atoms with Crippen LogP contribution in [0.2, 0.25) is 10.0 Å². The maximum Gasteiger partial charge on any atom is 0.225 e. The zero-order valence-electron chi connectivity index (χ0n) is 18.6. The molecular weight excluding hydrogens is 461 g/mol. The number of halogens is 2. The lowest BCUT2D eigenvalue weighted by molar-refractivity contribution is 0.132. The number of nitrogens with zero attached hydrogens (tertiary/aromatic N) is 5. The predicted octanol–water partition coefficient (Wildman–Crippen LogP) is 3.90. The number of nitrogens with one attached hydrogen (secondary N) is 1. The second-order valence-corrected chi connectivity index (χ2v) is 9.33. The third kappa shape index (κ3) is 4.73. The molecule has 2 aromatic heterocycles. The van der Waals surface area contributed by atoms with Gasteiger partial charge in [0.05, 0.1) is 21.3 Å². The predicted molar refractivity (Wildman–Crippen MR) is 132 cm³/mol. The summed E-state index contributed by atoms with van der Waals surface area (Å²) in [5.41, 5.74) is 8.68. The van der Waals surface area contributed by atoms with E-state index in [0.29, 0.717) is 44.1 Å². The monoisotopic (exact) mass is 485 g/mol. The van der Waals surface area contributed by atoms with E-state index in [4.69, 9.17) is 39.1 Å². The molecule has 3 heterocycles. The Balaban J connectivity index is 1.47. The molecule has 0 amide bonds. The molecule has 1 saturated heterocycles. The summed E-state index contributed by atoms with van der Waals surface area (Å²) in [5, 5.41) is 9.50. The Bertz CT molecular complexity index is 1160. The number of aromatic nitrogens is 3. The molecule has 3 N–H and O–H groups in total. The van der Waals surface area contributed by atoms with Crippen molar-refractivity contribution in [2.45, 2.75) is 19.1 Å². The van der Waals surface area contributed by atoms with E-state index in [1.807, 2.05) is 0 Å². The van der Waals surface area contributed by atoms with Gasteiger partial charge in [-0.05, 0) is 39.2 Å². The fourth-order valence-electron chi connectivity index (χ4n) is 3.54. The van der Waals surface area contributed by atoms with Crippen molar-refractivity contribution < 1.29 is 4.74 Å². The van der Waals surface area contributed by atoms with Crippen LogP contribution in [0, 0.1) is 5.41 Å². The molecule has 8 nitrogen and oxygen atoms in total. The van der Waals surface area contributed by atoms with Gasteiger partial charge in [-0.2, -0.15) is 0 Å². The van der Waals surface area contributed by atoms with Gasteiger partial charge in [0.1, 0.15) is 12.4 Å². The molecule has 10 heteroatoms. The number of benzene rings is 1. The van der Waals surface area contributed by atoms with Crippen LogP contribution in [-0.2, 0) is 6.61 Å². The first-order valence-corrected chi connectivity index (χ1v) is 11.1. The van der Waals surface area contributed by atoms with Crippen molar-refractivity contribution in [1.82, 2.24) is 19.9 Å². The Hall–Kier alpha value is -2.94. The average Bonchev–Trinajstić information content (AvgIpc) is 2.77. The first kappa shape index (κ1) is 23.2. The van der Waals surface area contributed by atoms with Crippen LogP contribution in [-0.4, -0.2) is 58.3 Å². The maximum absolute atomic E-state index is 8.64. The van der Waals surface area contributed by atoms with Crippen molar-refractivity contribution >= 4 is 40.5 Å². The van der Waals surface area contributed by atoms with E-state index in [1.54, 1.807) is 30.6 Å². The van der Waals surface area contributed by atoms with Crippen LogP contribution in [0.15, 0.2) is 43.0 Å². The number of nitrogen functional groups attached to an aromatic ring is 1. The molecule has 0 spiro atoms. The molecule has 4 rings (SSSR count). The molecule has 0 unspecified atom stereocenters. The van der Waals surface area contributed by atoms with Crippen molar-refractivity contribution in [2.75, 3.05) is 37.8 Å². The summed E-state index contributed by atoms with van der Waals surface area (Å²) < 4.78 is 5.86. The molecule has 1 aliphatic rings. The van der Waals surface area contributed by atoms with Crippen LogP contribution >= 0.6 is 23.2 Å². The largest absolute Gasteiger partial charge is 0.489 e. The molecule has 172 valence electrons. The van der Waals surface area contributed by atoms with Gasteiger partial charge in [0.25, 0.3) is 0 Å². The average molecular weight is 486 g/mol. The molecule has 0 atom stereocenters. The van der Waals surface area contributed by atoms with Crippen molar-refractivity contribution in [3.8, 4) is 5.75 Å². The van der Waals surface area contributed by atoms with Crippen molar-refractivity contribution in [3.05, 3.63) is 69.7 Å². The molecule has 1 fully saturated rings. The summed E-state index contributed by atoms with van der Waals surface area (Å²) in [4.78, 5) is 17.2. The van der Waals surface area contributed by atoms with Gasteiger partial charge in [-0.25, -0.2) is 9.97 Å². The highest BCUT2D eigenvalue weighted by atomic mass is 35.5. The van der Waals surface area contributed by atoms with E-state index in [1.165, 1.54) is 12.4 Å². The number of ether oxygens (including phenoxy) is 1. The standard InChI is InChI=1S/C23H25Cl2N7O/c1-23(31(2)3)12-32(13-23)22-29-7-14(8-30-22)21(27)16-6-15(4-5-20(16)26)33-11-17-18(24)9-28-10-19(17)25/h4-10,27H,11-13,26H2,1-3H3. The van der Waals surface area contributed by atoms with E-state index in [2.05, 4.69) is 45.8 Å². The summed E-state index contributed by atoms with van der Waals surface area (Å²) >= 11 is 12.3. The summed E-state index contributed by atoms with van der Waals surface area (Å²) in [6, 6.07) is 5.15. The van der Waals surface area contributed by atoms with E-state index in [-0.39, 0.29) is 17.9 Å². The molecule has 0 saturated carbocycles. The Morgan fingerprint density at radius 3 is 2.39 bits per heavy atom. The quantitative estimate of drug-likeness (QED) is 0.386. The van der Waals surface area contributed by atoms with Crippen molar-refractivity contribution in [3.63, 3.8) is 0 Å². The molecule has 1 aliphatic heterocycles. The van der Waals surface area contributed by atoms with Crippen LogP contribution in [0.25, 0.3) is 0 Å². The number of hydrogen-bond acceptors (Lipinski definition) is 8. The molecule has 0 aliphatic carbocycles. The Labute approximate surface area is 202 Å². The van der Waals surface area contributed by atoms with Crippen LogP contribution in [0.1, 0.15) is 23.6 Å². The normalized spacial score (nSPS) is 14.8. The van der Waals surface area contributed by atoms with Gasteiger partial charge in [-0.3, -0.25) is 10.4 Å². The summed E-state index contributed by atoms with van der Waals surface area (Å²) in [7, 11) is 4.15. The van der Waals surface area contributed by atoms with Gasteiger partial charge in [0, 0.05) is 60.3 Å². The zero-order chi connectivity index (χ0) is 23.8. The molecule has 3 aromatic rings. The van der Waals surface area contributed by atoms with Gasteiger partial charge < -0.3 is 20.3 Å². The van der Waals surface area contributed by atoms with Gasteiger partial charge >= 0.3 is 0 Å².